The van der Waals surface area contributed by atoms with Crippen LogP contribution in [0.5, 0.6) is 0 Å². The zero-order valence-corrected chi connectivity index (χ0v) is 20.0. The van der Waals surface area contributed by atoms with Crippen molar-refractivity contribution in [3.05, 3.63) is 66.0 Å². The first-order chi connectivity index (χ1) is 15.7. The standard InChI is InChI=1S/C26H29N3OS2/c1-3-16(13-28-4-2)22-12-21(18-10-8-17(9-11-18)19-14-30-15-19)23-24(27)26(32-25(23)29-22)31-20-6-5-7-20/h3-4,8-13,19-20,24,26H,2,5-7,14-15,27H2,1H3/b16-3+,28-13?. The van der Waals surface area contributed by atoms with Crippen LogP contribution in [0.25, 0.3) is 16.7 Å². The zero-order valence-electron chi connectivity index (χ0n) is 18.4. The molecule has 4 nitrogen and oxygen atoms in total. The molecule has 1 saturated heterocycles. The Morgan fingerprint density at radius 2 is 2.06 bits per heavy atom. The van der Waals surface area contributed by atoms with Crippen LogP contribution in [0.2, 0.25) is 0 Å². The van der Waals surface area contributed by atoms with Gasteiger partial charge in [0.15, 0.2) is 0 Å². The fourth-order valence-corrected chi connectivity index (χ4v) is 7.53. The van der Waals surface area contributed by atoms with Gasteiger partial charge in [0.2, 0.25) is 0 Å². The van der Waals surface area contributed by atoms with E-state index in [1.165, 1.54) is 41.5 Å². The van der Waals surface area contributed by atoms with Crippen LogP contribution in [0.1, 0.15) is 55.0 Å². The van der Waals surface area contributed by atoms with E-state index >= 15 is 0 Å². The lowest BCUT2D eigenvalue weighted by Crippen LogP contribution is -2.24. The second kappa shape index (κ2) is 9.56. The molecule has 2 aliphatic heterocycles. The zero-order chi connectivity index (χ0) is 22.1. The lowest BCUT2D eigenvalue weighted by Gasteiger charge is -2.28. The summed E-state index contributed by atoms with van der Waals surface area (Å²) < 4.78 is 5.69. The first kappa shape index (κ1) is 22.0. The first-order valence-electron chi connectivity index (χ1n) is 11.3. The van der Waals surface area contributed by atoms with Gasteiger partial charge in [-0.05, 0) is 42.5 Å². The quantitative estimate of drug-likeness (QED) is 0.496. The number of pyridine rings is 1. The highest BCUT2D eigenvalue weighted by Gasteiger charge is 2.37. The van der Waals surface area contributed by atoms with E-state index in [-0.39, 0.29) is 6.04 Å². The summed E-state index contributed by atoms with van der Waals surface area (Å²) in [5.74, 6) is 0.522. The van der Waals surface area contributed by atoms with E-state index in [0.29, 0.717) is 10.5 Å². The van der Waals surface area contributed by atoms with Crippen molar-refractivity contribution < 1.29 is 4.74 Å². The maximum atomic E-state index is 6.85. The highest BCUT2D eigenvalue weighted by atomic mass is 32.2. The number of aliphatic imine (C=N–C) groups is 1. The molecule has 5 rings (SSSR count). The summed E-state index contributed by atoms with van der Waals surface area (Å²) in [4.78, 5) is 9.28. The molecule has 0 spiro atoms. The van der Waals surface area contributed by atoms with Crippen LogP contribution in [0, 0.1) is 0 Å². The van der Waals surface area contributed by atoms with Gasteiger partial charge in [0.05, 0.1) is 29.5 Å². The minimum Gasteiger partial charge on any atom is -0.380 e. The van der Waals surface area contributed by atoms with E-state index in [0.717, 1.165) is 34.8 Å². The molecule has 2 unspecified atom stereocenters. The van der Waals surface area contributed by atoms with Crippen molar-refractivity contribution in [2.24, 2.45) is 10.7 Å². The number of benzene rings is 1. The topological polar surface area (TPSA) is 60.5 Å². The third kappa shape index (κ3) is 4.21. The van der Waals surface area contributed by atoms with Crippen LogP contribution >= 0.6 is 23.5 Å². The maximum absolute atomic E-state index is 6.85. The molecule has 0 bridgehead atoms. The summed E-state index contributed by atoms with van der Waals surface area (Å²) in [6.07, 6.45) is 9.39. The highest BCUT2D eigenvalue weighted by molar-refractivity contribution is 8.17. The summed E-state index contributed by atoms with van der Waals surface area (Å²) in [7, 11) is 0. The van der Waals surface area contributed by atoms with Gasteiger partial charge in [0.1, 0.15) is 5.03 Å². The van der Waals surface area contributed by atoms with E-state index in [2.05, 4.69) is 41.9 Å². The van der Waals surface area contributed by atoms with Crippen LogP contribution < -0.4 is 5.73 Å². The Morgan fingerprint density at radius 1 is 1.28 bits per heavy atom. The van der Waals surface area contributed by atoms with E-state index in [4.69, 9.17) is 15.5 Å². The smallest absolute Gasteiger partial charge is 0.103 e. The average Bonchev–Trinajstić information content (AvgIpc) is 3.05. The van der Waals surface area contributed by atoms with Crippen molar-refractivity contribution in [3.63, 3.8) is 0 Å². The van der Waals surface area contributed by atoms with Gasteiger partial charge >= 0.3 is 0 Å². The van der Waals surface area contributed by atoms with Gasteiger partial charge in [-0.15, -0.1) is 11.8 Å². The number of nitrogens with zero attached hydrogens (tertiary/aromatic N) is 2. The van der Waals surface area contributed by atoms with E-state index in [9.17, 15) is 0 Å². The van der Waals surface area contributed by atoms with Crippen molar-refractivity contribution in [1.82, 2.24) is 4.98 Å². The third-order valence-electron chi connectivity index (χ3n) is 6.51. The Kier molecular flexibility index (Phi) is 6.56. The lowest BCUT2D eigenvalue weighted by molar-refractivity contribution is 0.00843. The maximum Gasteiger partial charge on any atom is 0.103 e. The monoisotopic (exact) mass is 463 g/mol. The molecule has 2 fully saturated rings. The van der Waals surface area contributed by atoms with Gasteiger partial charge < -0.3 is 10.5 Å². The van der Waals surface area contributed by atoms with Crippen LogP contribution in [-0.4, -0.2) is 34.2 Å². The molecule has 1 saturated carbocycles. The Balaban J connectivity index is 1.54. The molecule has 3 heterocycles. The molecule has 3 aliphatic rings. The number of aromatic nitrogens is 1. The molecule has 6 heteroatoms. The molecule has 166 valence electrons. The predicted octanol–water partition coefficient (Wildman–Crippen LogP) is 6.20. The second-order valence-corrected chi connectivity index (χ2v) is 11.4. The molecule has 32 heavy (non-hydrogen) atoms. The molecule has 1 aromatic heterocycles. The van der Waals surface area contributed by atoms with Crippen molar-refractivity contribution >= 4 is 35.3 Å². The second-order valence-electron chi connectivity index (χ2n) is 8.54. The van der Waals surface area contributed by atoms with Gasteiger partial charge in [-0.25, -0.2) is 4.98 Å². The molecule has 2 aromatic rings. The molecular weight excluding hydrogens is 434 g/mol. The number of nitrogens with two attached hydrogens (primary N) is 1. The minimum atomic E-state index is -0.0206. The van der Waals surface area contributed by atoms with Gasteiger partial charge in [-0.2, -0.15) is 0 Å². The number of hydrogen-bond donors (Lipinski definition) is 1. The summed E-state index contributed by atoms with van der Waals surface area (Å²) in [5, 5.41) is 1.80. The number of ether oxygens (including phenoxy) is 1. The number of rotatable bonds is 7. The Bertz CT molecular complexity index is 1060. The fourth-order valence-electron chi connectivity index (χ4n) is 4.24. The van der Waals surface area contributed by atoms with E-state index < -0.39 is 0 Å². The molecule has 0 radical (unpaired) electrons. The first-order valence-corrected chi connectivity index (χ1v) is 13.1. The van der Waals surface area contributed by atoms with Crippen LogP contribution in [0.3, 0.4) is 0 Å². The number of thioether (sulfide) groups is 2. The van der Waals surface area contributed by atoms with Crippen LogP contribution in [0.4, 0.5) is 0 Å². The van der Waals surface area contributed by atoms with Crippen molar-refractivity contribution in [2.45, 2.75) is 53.0 Å². The van der Waals surface area contributed by atoms with E-state index in [1.807, 2.05) is 42.7 Å². The highest BCUT2D eigenvalue weighted by Crippen LogP contribution is 2.53. The summed E-state index contributed by atoms with van der Waals surface area (Å²) >= 11 is 3.88. The SMILES string of the molecule is C=CN=C/C(=C\C)c1cc(-c2ccc(C3COC3)cc2)c2c(n1)SC(SC1CCC1)C2N. The molecular formula is C26H29N3OS2. The van der Waals surface area contributed by atoms with Crippen LogP contribution in [-0.2, 0) is 4.74 Å². The molecule has 2 N–H and O–H groups in total. The molecule has 0 amide bonds. The van der Waals surface area contributed by atoms with Crippen molar-refractivity contribution in [3.8, 4) is 11.1 Å². The molecule has 1 aliphatic carbocycles. The predicted molar refractivity (Wildman–Crippen MR) is 137 cm³/mol. The third-order valence-corrected chi connectivity index (χ3v) is 9.61. The molecule has 2 atom stereocenters. The summed E-state index contributed by atoms with van der Waals surface area (Å²) in [5.41, 5.74) is 13.7. The Hall–Kier alpha value is -1.86. The van der Waals surface area contributed by atoms with Gasteiger partial charge in [-0.3, -0.25) is 4.99 Å². The Morgan fingerprint density at radius 3 is 2.66 bits per heavy atom. The van der Waals surface area contributed by atoms with Gasteiger partial charge in [0.25, 0.3) is 0 Å². The molecule has 1 aromatic carbocycles. The number of hydrogen-bond acceptors (Lipinski definition) is 6. The van der Waals surface area contributed by atoms with Gasteiger partial charge in [-0.1, -0.05) is 55.1 Å². The normalized spacial score (nSPS) is 23.8. The minimum absolute atomic E-state index is 0.0206. The van der Waals surface area contributed by atoms with Gasteiger partial charge in [0, 0.05) is 34.7 Å². The largest absolute Gasteiger partial charge is 0.380 e. The summed E-state index contributed by atoms with van der Waals surface area (Å²) in [6, 6.07) is 11.1. The van der Waals surface area contributed by atoms with Crippen molar-refractivity contribution in [1.29, 1.82) is 0 Å². The van der Waals surface area contributed by atoms with Crippen LogP contribution in [0.15, 0.2) is 59.2 Å². The van der Waals surface area contributed by atoms with Crippen molar-refractivity contribution in [2.75, 3.05) is 13.2 Å². The van der Waals surface area contributed by atoms with E-state index in [1.54, 1.807) is 6.20 Å². The number of allylic oxidation sites excluding steroid dienone is 2. The number of fused-ring (bicyclic) bond motifs is 1. The fraction of sp³-hybridized carbons (Fsp3) is 0.385. The lowest BCUT2D eigenvalue weighted by atomic mass is 9.92. The summed E-state index contributed by atoms with van der Waals surface area (Å²) in [6.45, 7) is 7.36. The average molecular weight is 464 g/mol. The Labute approximate surface area is 198 Å².